The van der Waals surface area contributed by atoms with E-state index in [1.54, 1.807) is 14.2 Å². The molecule has 16 heavy (non-hydrogen) atoms. The first kappa shape index (κ1) is 12.8. The summed E-state index contributed by atoms with van der Waals surface area (Å²) in [5.74, 6) is 1.59. The molecule has 0 aliphatic heterocycles. The largest absolute Gasteiger partial charge is 0.493 e. The summed E-state index contributed by atoms with van der Waals surface area (Å²) in [6, 6.07) is 6.09. The Labute approximate surface area is 97.6 Å². The van der Waals surface area contributed by atoms with Crippen molar-refractivity contribution in [1.29, 1.82) is 0 Å². The zero-order chi connectivity index (χ0) is 11.8. The Morgan fingerprint density at radius 3 is 2.38 bits per heavy atom. The number of hydrogen-bond donors (Lipinski definition) is 1. The summed E-state index contributed by atoms with van der Waals surface area (Å²) in [6.07, 6.45) is 4.53. The SMILES string of the molecule is COc1ccc(CCCCCN)cc1OC. The van der Waals surface area contributed by atoms with Gasteiger partial charge in [0, 0.05) is 0 Å². The van der Waals surface area contributed by atoms with Crippen LogP contribution in [0, 0.1) is 0 Å². The molecule has 0 heterocycles. The second-order valence-electron chi connectivity index (χ2n) is 3.79. The van der Waals surface area contributed by atoms with Crippen LogP contribution in [0.4, 0.5) is 0 Å². The molecular weight excluding hydrogens is 202 g/mol. The van der Waals surface area contributed by atoms with E-state index in [1.807, 2.05) is 12.1 Å². The van der Waals surface area contributed by atoms with Crippen LogP contribution in [0.1, 0.15) is 24.8 Å². The highest BCUT2D eigenvalue weighted by molar-refractivity contribution is 5.42. The summed E-state index contributed by atoms with van der Waals surface area (Å²) < 4.78 is 10.5. The molecule has 2 N–H and O–H groups in total. The minimum atomic E-state index is 0.784. The molecule has 1 aromatic carbocycles. The van der Waals surface area contributed by atoms with Crippen LogP contribution in [0.5, 0.6) is 11.5 Å². The van der Waals surface area contributed by atoms with E-state index >= 15 is 0 Å². The molecule has 3 nitrogen and oxygen atoms in total. The first-order valence-corrected chi connectivity index (χ1v) is 5.72. The Kier molecular flexibility index (Phi) is 5.72. The number of hydrogen-bond acceptors (Lipinski definition) is 3. The van der Waals surface area contributed by atoms with Crippen molar-refractivity contribution in [3.8, 4) is 11.5 Å². The smallest absolute Gasteiger partial charge is 0.160 e. The van der Waals surface area contributed by atoms with Crippen LogP contribution in [0.25, 0.3) is 0 Å². The molecule has 1 rings (SSSR count). The zero-order valence-corrected chi connectivity index (χ0v) is 10.2. The van der Waals surface area contributed by atoms with Gasteiger partial charge in [-0.1, -0.05) is 12.5 Å². The summed E-state index contributed by atoms with van der Waals surface area (Å²) in [7, 11) is 3.31. The van der Waals surface area contributed by atoms with Crippen LogP contribution in [0.15, 0.2) is 18.2 Å². The minimum Gasteiger partial charge on any atom is -0.493 e. The monoisotopic (exact) mass is 223 g/mol. The molecule has 0 spiro atoms. The number of rotatable bonds is 7. The fourth-order valence-electron chi connectivity index (χ4n) is 1.69. The lowest BCUT2D eigenvalue weighted by molar-refractivity contribution is 0.354. The zero-order valence-electron chi connectivity index (χ0n) is 10.2. The maximum absolute atomic E-state index is 5.45. The third-order valence-electron chi connectivity index (χ3n) is 2.62. The average Bonchev–Trinajstić information content (AvgIpc) is 2.34. The van der Waals surface area contributed by atoms with E-state index in [9.17, 15) is 0 Å². The quantitative estimate of drug-likeness (QED) is 0.722. The van der Waals surface area contributed by atoms with Crippen molar-refractivity contribution in [3.63, 3.8) is 0 Å². The van der Waals surface area contributed by atoms with Crippen LogP contribution >= 0.6 is 0 Å². The predicted molar refractivity (Wildman–Crippen MR) is 66.2 cm³/mol. The van der Waals surface area contributed by atoms with Gasteiger partial charge in [-0.15, -0.1) is 0 Å². The number of ether oxygens (including phenoxy) is 2. The minimum absolute atomic E-state index is 0.784. The van der Waals surface area contributed by atoms with Crippen molar-refractivity contribution >= 4 is 0 Å². The first-order chi connectivity index (χ1) is 7.81. The van der Waals surface area contributed by atoms with E-state index < -0.39 is 0 Å². The second-order valence-corrected chi connectivity index (χ2v) is 3.79. The van der Waals surface area contributed by atoms with Gasteiger partial charge in [0.25, 0.3) is 0 Å². The van der Waals surface area contributed by atoms with Gasteiger partial charge in [-0.3, -0.25) is 0 Å². The van der Waals surface area contributed by atoms with Gasteiger partial charge in [-0.05, 0) is 43.5 Å². The van der Waals surface area contributed by atoms with Gasteiger partial charge in [-0.2, -0.15) is 0 Å². The Hall–Kier alpha value is -1.22. The maximum atomic E-state index is 5.45. The van der Waals surface area contributed by atoms with E-state index in [2.05, 4.69) is 6.07 Å². The molecule has 0 aromatic heterocycles. The van der Waals surface area contributed by atoms with Crippen molar-refractivity contribution in [2.75, 3.05) is 20.8 Å². The molecular formula is C13H21NO2. The molecule has 0 aliphatic rings. The Balaban J connectivity index is 2.54. The summed E-state index contributed by atoms with van der Waals surface area (Å²) in [4.78, 5) is 0. The summed E-state index contributed by atoms with van der Waals surface area (Å²) in [6.45, 7) is 0.784. The lowest BCUT2D eigenvalue weighted by atomic mass is 10.1. The highest BCUT2D eigenvalue weighted by Crippen LogP contribution is 2.28. The van der Waals surface area contributed by atoms with Gasteiger partial charge in [0.15, 0.2) is 11.5 Å². The highest BCUT2D eigenvalue weighted by atomic mass is 16.5. The maximum Gasteiger partial charge on any atom is 0.160 e. The third-order valence-corrected chi connectivity index (χ3v) is 2.62. The Morgan fingerprint density at radius 1 is 1.00 bits per heavy atom. The Morgan fingerprint density at radius 2 is 1.75 bits per heavy atom. The molecule has 3 heteroatoms. The van der Waals surface area contributed by atoms with Gasteiger partial charge < -0.3 is 15.2 Å². The van der Waals surface area contributed by atoms with Gasteiger partial charge in [0.05, 0.1) is 14.2 Å². The molecule has 0 unspecified atom stereocenters. The molecule has 0 fully saturated rings. The number of nitrogens with two attached hydrogens (primary N) is 1. The molecule has 0 saturated heterocycles. The van der Waals surface area contributed by atoms with Crippen LogP contribution in [0.2, 0.25) is 0 Å². The molecule has 0 atom stereocenters. The number of methoxy groups -OCH3 is 2. The van der Waals surface area contributed by atoms with Crippen LogP contribution in [-0.2, 0) is 6.42 Å². The lowest BCUT2D eigenvalue weighted by Crippen LogP contribution is -1.98. The van der Waals surface area contributed by atoms with Crippen LogP contribution in [-0.4, -0.2) is 20.8 Å². The third kappa shape index (κ3) is 3.74. The average molecular weight is 223 g/mol. The van der Waals surface area contributed by atoms with E-state index in [0.717, 1.165) is 30.9 Å². The highest BCUT2D eigenvalue weighted by Gasteiger charge is 2.03. The number of aryl methyl sites for hydroxylation is 1. The van der Waals surface area contributed by atoms with E-state index in [0.29, 0.717) is 0 Å². The van der Waals surface area contributed by atoms with Crippen molar-refractivity contribution in [2.24, 2.45) is 5.73 Å². The second kappa shape index (κ2) is 7.12. The van der Waals surface area contributed by atoms with E-state index in [1.165, 1.54) is 18.4 Å². The summed E-state index contributed by atoms with van der Waals surface area (Å²) in [5.41, 5.74) is 6.74. The number of benzene rings is 1. The van der Waals surface area contributed by atoms with Gasteiger partial charge >= 0.3 is 0 Å². The van der Waals surface area contributed by atoms with Crippen molar-refractivity contribution in [2.45, 2.75) is 25.7 Å². The van der Waals surface area contributed by atoms with Gasteiger partial charge in [-0.25, -0.2) is 0 Å². The molecule has 1 aromatic rings. The number of unbranched alkanes of at least 4 members (excludes halogenated alkanes) is 2. The molecule has 0 bridgehead atoms. The van der Waals surface area contributed by atoms with Gasteiger partial charge in [0.2, 0.25) is 0 Å². The lowest BCUT2D eigenvalue weighted by Gasteiger charge is -2.09. The Bertz CT molecular complexity index is 313. The molecule has 0 radical (unpaired) electrons. The molecule has 0 aliphatic carbocycles. The van der Waals surface area contributed by atoms with Crippen molar-refractivity contribution in [1.82, 2.24) is 0 Å². The summed E-state index contributed by atoms with van der Waals surface area (Å²) in [5, 5.41) is 0. The predicted octanol–water partition coefficient (Wildman–Crippen LogP) is 2.38. The topological polar surface area (TPSA) is 44.5 Å². The molecule has 90 valence electrons. The van der Waals surface area contributed by atoms with Crippen LogP contribution < -0.4 is 15.2 Å². The van der Waals surface area contributed by atoms with Gasteiger partial charge in [0.1, 0.15) is 0 Å². The van der Waals surface area contributed by atoms with E-state index in [-0.39, 0.29) is 0 Å². The first-order valence-electron chi connectivity index (χ1n) is 5.72. The fourth-order valence-corrected chi connectivity index (χ4v) is 1.69. The van der Waals surface area contributed by atoms with E-state index in [4.69, 9.17) is 15.2 Å². The van der Waals surface area contributed by atoms with Crippen molar-refractivity contribution in [3.05, 3.63) is 23.8 Å². The normalized spacial score (nSPS) is 10.2. The van der Waals surface area contributed by atoms with Crippen molar-refractivity contribution < 1.29 is 9.47 Å². The van der Waals surface area contributed by atoms with Crippen LogP contribution in [0.3, 0.4) is 0 Å². The standard InChI is InChI=1S/C13H21NO2/c1-15-12-8-7-11(10-13(12)16-2)6-4-3-5-9-14/h7-8,10H,3-6,9,14H2,1-2H3. The molecule has 0 amide bonds. The molecule has 0 saturated carbocycles. The fraction of sp³-hybridized carbons (Fsp3) is 0.538. The summed E-state index contributed by atoms with van der Waals surface area (Å²) >= 11 is 0.